The van der Waals surface area contributed by atoms with Crippen molar-refractivity contribution in [2.24, 2.45) is 17.8 Å². The number of hydrogen-bond donors (Lipinski definition) is 0. The van der Waals surface area contributed by atoms with Gasteiger partial charge in [-0.1, -0.05) is 13.2 Å². The number of carbonyl (C=O) groups excluding carboxylic acids is 1. The highest BCUT2D eigenvalue weighted by Crippen LogP contribution is 2.68. The number of esters is 1. The highest BCUT2D eigenvalue weighted by molar-refractivity contribution is 5.87. The van der Waals surface area contributed by atoms with Crippen molar-refractivity contribution < 1.29 is 80.5 Å². The van der Waals surface area contributed by atoms with E-state index in [9.17, 15) is 66.3 Å². The van der Waals surface area contributed by atoms with Gasteiger partial charge in [-0.2, -0.15) is 52.7 Å². The SMILES string of the molecule is C=C(C)C(=O)OC(C)(C)C.C=COC1C2CC3OC(C(F)(F)F)(C(F)(F)F)C1C3C2.FC1=C(F)C(F)(F)C(F)(F)C1(F)F. The van der Waals surface area contributed by atoms with Crippen molar-refractivity contribution in [1.82, 2.24) is 0 Å². The number of carbonyl (C=O) groups is 1. The lowest BCUT2D eigenvalue weighted by molar-refractivity contribution is -0.387. The fourth-order valence-electron chi connectivity index (χ4n) is 5.33. The van der Waals surface area contributed by atoms with Gasteiger partial charge in [-0.15, -0.1) is 0 Å². The summed E-state index contributed by atoms with van der Waals surface area (Å²) in [6.07, 6.45) is -11.8. The van der Waals surface area contributed by atoms with Crippen LogP contribution in [0.15, 0.2) is 36.6 Å². The molecule has 4 nitrogen and oxygen atoms in total. The first kappa shape index (κ1) is 36.7. The minimum atomic E-state index is -6.06. The number of rotatable bonds is 3. The van der Waals surface area contributed by atoms with Crippen LogP contribution in [-0.4, -0.2) is 59.5 Å². The van der Waals surface area contributed by atoms with E-state index >= 15 is 0 Å². The zero-order chi connectivity index (χ0) is 33.9. The van der Waals surface area contributed by atoms with Crippen molar-refractivity contribution in [2.75, 3.05) is 0 Å². The molecule has 18 heteroatoms. The van der Waals surface area contributed by atoms with Crippen molar-refractivity contribution in [1.29, 1.82) is 0 Å². The molecule has 1 saturated heterocycles. The van der Waals surface area contributed by atoms with Gasteiger partial charge in [0.2, 0.25) is 11.7 Å². The molecule has 5 unspecified atom stereocenters. The van der Waals surface area contributed by atoms with E-state index in [0.717, 1.165) is 6.26 Å². The molecule has 0 amide bonds. The van der Waals surface area contributed by atoms with E-state index in [-0.39, 0.29) is 24.7 Å². The van der Waals surface area contributed by atoms with Gasteiger partial charge < -0.3 is 14.2 Å². The Morgan fingerprint density at radius 3 is 1.63 bits per heavy atom. The molecule has 4 aliphatic rings. The van der Waals surface area contributed by atoms with Crippen molar-refractivity contribution in [3.63, 3.8) is 0 Å². The van der Waals surface area contributed by atoms with E-state index < -0.39 is 77.0 Å². The minimum absolute atomic E-state index is 0.174. The van der Waals surface area contributed by atoms with E-state index in [2.05, 4.69) is 17.9 Å². The Bertz CT molecular complexity index is 1090. The van der Waals surface area contributed by atoms with Gasteiger partial charge in [0, 0.05) is 11.5 Å². The molecule has 0 aromatic carbocycles. The van der Waals surface area contributed by atoms with E-state index in [1.54, 1.807) is 6.92 Å². The molecule has 0 N–H and O–H groups in total. The van der Waals surface area contributed by atoms with E-state index in [1.165, 1.54) is 0 Å². The molecule has 0 aromatic heterocycles. The molecule has 1 aliphatic heterocycles. The molecule has 4 rings (SSSR count). The van der Waals surface area contributed by atoms with Gasteiger partial charge in [0.15, 0.2) is 0 Å². The molecule has 0 aromatic rings. The summed E-state index contributed by atoms with van der Waals surface area (Å²) in [5.41, 5.74) is -4.08. The normalized spacial score (nSPS) is 31.0. The molecular formula is C25H26F14O4. The fourth-order valence-corrected chi connectivity index (χ4v) is 5.33. The Hall–Kier alpha value is -2.53. The van der Waals surface area contributed by atoms with Crippen LogP contribution in [0, 0.1) is 17.8 Å². The van der Waals surface area contributed by atoms with Gasteiger partial charge in [0.25, 0.3) is 5.60 Å². The molecule has 248 valence electrons. The summed E-state index contributed by atoms with van der Waals surface area (Å²) in [6, 6.07) is 0. The second kappa shape index (κ2) is 11.1. The van der Waals surface area contributed by atoms with Crippen LogP contribution in [-0.2, 0) is 19.0 Å². The first-order valence-corrected chi connectivity index (χ1v) is 12.2. The third kappa shape index (κ3) is 5.95. The number of ether oxygens (including phenoxy) is 3. The quantitative estimate of drug-likeness (QED) is 0.133. The summed E-state index contributed by atoms with van der Waals surface area (Å²) < 4.78 is 189. The van der Waals surface area contributed by atoms with Crippen LogP contribution >= 0.6 is 0 Å². The molecule has 5 atom stereocenters. The van der Waals surface area contributed by atoms with Crippen molar-refractivity contribution in [3.05, 3.63) is 36.6 Å². The molecule has 1 heterocycles. The van der Waals surface area contributed by atoms with Crippen LogP contribution in [0.4, 0.5) is 61.5 Å². The lowest BCUT2D eigenvalue weighted by Gasteiger charge is -2.39. The molecule has 2 saturated carbocycles. The van der Waals surface area contributed by atoms with E-state index in [0.29, 0.717) is 5.57 Å². The first-order valence-electron chi connectivity index (χ1n) is 12.2. The lowest BCUT2D eigenvalue weighted by Crippen LogP contribution is -2.62. The van der Waals surface area contributed by atoms with Crippen LogP contribution in [0.1, 0.15) is 40.5 Å². The Labute approximate surface area is 235 Å². The van der Waals surface area contributed by atoms with Crippen LogP contribution in [0.25, 0.3) is 0 Å². The van der Waals surface area contributed by atoms with E-state index in [1.807, 2.05) is 20.8 Å². The van der Waals surface area contributed by atoms with Crippen molar-refractivity contribution in [2.45, 2.75) is 94.1 Å². The average Bonchev–Trinajstić information content (AvgIpc) is 3.45. The second-order valence-electron chi connectivity index (χ2n) is 11.2. The standard InChI is InChI=1S/C12H12F6O2.C8H14O2.C5F8/c1-2-19-9-5-3-6-7(4-5)20-10(8(6)9,11(13,14)15)12(16,17)18;1-6(2)7(9)10-8(3,4)5;6-1-2(7)4(10,11)5(12,13)3(1,8)9/h2,5-9H,1,3-4H2;1H2,2-5H3;. The highest BCUT2D eigenvalue weighted by Gasteiger charge is 2.85. The van der Waals surface area contributed by atoms with Crippen molar-refractivity contribution >= 4 is 5.97 Å². The number of halogens is 14. The van der Waals surface area contributed by atoms with Crippen LogP contribution in [0.3, 0.4) is 0 Å². The summed E-state index contributed by atoms with van der Waals surface area (Å²) in [7, 11) is 0. The molecular weight excluding hydrogens is 630 g/mol. The van der Waals surface area contributed by atoms with Gasteiger partial charge in [-0.25, -0.2) is 13.6 Å². The minimum Gasteiger partial charge on any atom is -0.498 e. The molecule has 0 radical (unpaired) electrons. The third-order valence-electron chi connectivity index (χ3n) is 7.05. The Balaban J connectivity index is 0.000000244. The zero-order valence-corrected chi connectivity index (χ0v) is 22.7. The van der Waals surface area contributed by atoms with Crippen LogP contribution < -0.4 is 0 Å². The Morgan fingerprint density at radius 2 is 1.35 bits per heavy atom. The average molecular weight is 656 g/mol. The van der Waals surface area contributed by atoms with Gasteiger partial charge in [-0.05, 0) is 52.4 Å². The molecule has 3 aliphatic carbocycles. The summed E-state index contributed by atoms with van der Waals surface area (Å²) in [5, 5.41) is 0. The predicted molar refractivity (Wildman–Crippen MR) is 119 cm³/mol. The zero-order valence-electron chi connectivity index (χ0n) is 22.7. The topological polar surface area (TPSA) is 44.8 Å². The van der Waals surface area contributed by atoms with Crippen molar-refractivity contribution in [3.8, 4) is 0 Å². The van der Waals surface area contributed by atoms with E-state index in [4.69, 9.17) is 9.47 Å². The maximum atomic E-state index is 13.2. The number of fused-ring (bicyclic) bond motifs is 1. The molecule has 2 bridgehead atoms. The third-order valence-corrected chi connectivity index (χ3v) is 7.05. The number of allylic oxidation sites excluding steroid dienone is 2. The molecule has 0 spiro atoms. The molecule has 3 fully saturated rings. The number of alkyl halides is 12. The number of hydrogen-bond acceptors (Lipinski definition) is 4. The second-order valence-corrected chi connectivity index (χ2v) is 11.2. The largest absolute Gasteiger partial charge is 0.498 e. The van der Waals surface area contributed by atoms with Crippen LogP contribution in [0.2, 0.25) is 0 Å². The fraction of sp³-hybridized carbons (Fsp3) is 0.720. The summed E-state index contributed by atoms with van der Waals surface area (Å²) in [6.45, 7) is 13.8. The molecule has 43 heavy (non-hydrogen) atoms. The first-order chi connectivity index (χ1) is 19.0. The van der Waals surface area contributed by atoms with Gasteiger partial charge in [0.1, 0.15) is 11.7 Å². The maximum absolute atomic E-state index is 13.2. The monoisotopic (exact) mass is 656 g/mol. The summed E-state index contributed by atoms with van der Waals surface area (Å²) in [4.78, 5) is 10.8. The summed E-state index contributed by atoms with van der Waals surface area (Å²) >= 11 is 0. The lowest BCUT2D eigenvalue weighted by atomic mass is 9.76. The van der Waals surface area contributed by atoms with Gasteiger partial charge in [0.05, 0.1) is 12.4 Å². The van der Waals surface area contributed by atoms with Gasteiger partial charge >= 0.3 is 36.1 Å². The Morgan fingerprint density at radius 1 is 0.907 bits per heavy atom. The predicted octanol–water partition coefficient (Wildman–Crippen LogP) is 8.39. The Kier molecular flexibility index (Phi) is 9.48. The van der Waals surface area contributed by atoms with Gasteiger partial charge in [-0.3, -0.25) is 0 Å². The van der Waals surface area contributed by atoms with Crippen LogP contribution in [0.5, 0.6) is 0 Å². The summed E-state index contributed by atoms with van der Waals surface area (Å²) in [5.74, 6) is -27.6. The maximum Gasteiger partial charge on any atom is 0.426 e. The smallest absolute Gasteiger partial charge is 0.426 e. The highest BCUT2D eigenvalue weighted by atomic mass is 19.4.